The lowest BCUT2D eigenvalue weighted by molar-refractivity contribution is 0.0286. The molecule has 2 N–H and O–H groups in total. The molecule has 1 heterocycles. The minimum absolute atomic E-state index is 0.0788. The zero-order valence-corrected chi connectivity index (χ0v) is 14.1. The Labute approximate surface area is 133 Å². The van der Waals surface area contributed by atoms with Crippen molar-refractivity contribution in [3.05, 3.63) is 35.4 Å². The molecule has 122 valence electrons. The molecule has 0 radical (unpaired) electrons. The molecule has 0 bridgehead atoms. The Hall–Kier alpha value is -1.55. The predicted molar refractivity (Wildman–Crippen MR) is 88.8 cm³/mol. The van der Waals surface area contributed by atoms with E-state index in [1.165, 1.54) is 11.1 Å². The quantitative estimate of drug-likeness (QED) is 0.933. The van der Waals surface area contributed by atoms with E-state index in [1.807, 2.05) is 20.8 Å². The predicted octanol–water partition coefficient (Wildman–Crippen LogP) is 3.12. The molecule has 2 unspecified atom stereocenters. The van der Waals surface area contributed by atoms with E-state index in [4.69, 9.17) is 10.5 Å². The molecule has 1 amide bonds. The summed E-state index contributed by atoms with van der Waals surface area (Å²) >= 11 is 0. The van der Waals surface area contributed by atoms with Gasteiger partial charge in [-0.3, -0.25) is 0 Å². The van der Waals surface area contributed by atoms with Gasteiger partial charge in [-0.05, 0) is 52.0 Å². The van der Waals surface area contributed by atoms with Crippen molar-refractivity contribution in [2.24, 2.45) is 11.7 Å². The van der Waals surface area contributed by atoms with Gasteiger partial charge in [0.25, 0.3) is 0 Å². The average molecular weight is 304 g/mol. The van der Waals surface area contributed by atoms with Gasteiger partial charge in [-0.2, -0.15) is 0 Å². The van der Waals surface area contributed by atoms with Crippen molar-refractivity contribution in [2.75, 3.05) is 13.1 Å². The van der Waals surface area contributed by atoms with Crippen LogP contribution in [0, 0.1) is 12.8 Å². The molecule has 2 atom stereocenters. The smallest absolute Gasteiger partial charge is 0.410 e. The third kappa shape index (κ3) is 4.73. The van der Waals surface area contributed by atoms with Gasteiger partial charge < -0.3 is 15.4 Å². The van der Waals surface area contributed by atoms with E-state index in [9.17, 15) is 4.79 Å². The molecule has 0 saturated carbocycles. The zero-order valence-electron chi connectivity index (χ0n) is 14.1. The second-order valence-corrected chi connectivity index (χ2v) is 7.33. The first-order valence-electron chi connectivity index (χ1n) is 8.03. The van der Waals surface area contributed by atoms with E-state index in [0.29, 0.717) is 12.5 Å². The van der Waals surface area contributed by atoms with Crippen LogP contribution in [0.3, 0.4) is 0 Å². The SMILES string of the molecule is Cc1ccc(CC(N)C2CCN(C(=O)OC(C)(C)C)C2)cc1. The third-order valence-electron chi connectivity index (χ3n) is 4.07. The number of carbonyl (C=O) groups excluding carboxylic acids is 1. The van der Waals surface area contributed by atoms with Gasteiger partial charge in [0.1, 0.15) is 5.60 Å². The molecule has 22 heavy (non-hydrogen) atoms. The number of amides is 1. The standard InChI is InChI=1S/C18H28N2O2/c1-13-5-7-14(8-6-13)11-16(19)15-9-10-20(12-15)17(21)22-18(2,3)4/h5-8,15-16H,9-12,19H2,1-4H3. The number of nitrogens with two attached hydrogens (primary N) is 1. The van der Waals surface area contributed by atoms with Crippen molar-refractivity contribution in [1.82, 2.24) is 4.90 Å². The van der Waals surface area contributed by atoms with Gasteiger partial charge in [-0.25, -0.2) is 4.79 Å². The number of rotatable bonds is 3. The number of benzene rings is 1. The van der Waals surface area contributed by atoms with Crippen LogP contribution in [0.1, 0.15) is 38.3 Å². The second-order valence-electron chi connectivity index (χ2n) is 7.33. The molecule has 1 saturated heterocycles. The molecular weight excluding hydrogens is 276 g/mol. The Kier molecular flexibility index (Phi) is 5.12. The van der Waals surface area contributed by atoms with Crippen LogP contribution in [0.15, 0.2) is 24.3 Å². The van der Waals surface area contributed by atoms with E-state index in [-0.39, 0.29) is 12.1 Å². The fourth-order valence-electron chi connectivity index (χ4n) is 2.79. The largest absolute Gasteiger partial charge is 0.444 e. The van der Waals surface area contributed by atoms with E-state index in [2.05, 4.69) is 31.2 Å². The molecule has 2 rings (SSSR count). The van der Waals surface area contributed by atoms with Crippen molar-refractivity contribution < 1.29 is 9.53 Å². The van der Waals surface area contributed by atoms with E-state index in [1.54, 1.807) is 4.90 Å². The zero-order chi connectivity index (χ0) is 16.3. The van der Waals surface area contributed by atoms with Crippen LogP contribution >= 0.6 is 0 Å². The second kappa shape index (κ2) is 6.69. The molecule has 0 aliphatic carbocycles. The molecule has 1 aliphatic heterocycles. The lowest BCUT2D eigenvalue weighted by atomic mass is 9.93. The Morgan fingerprint density at radius 2 is 2.00 bits per heavy atom. The first kappa shape index (κ1) is 16.8. The van der Waals surface area contributed by atoms with Crippen molar-refractivity contribution in [3.63, 3.8) is 0 Å². The van der Waals surface area contributed by atoms with Crippen LogP contribution in [0.25, 0.3) is 0 Å². The summed E-state index contributed by atoms with van der Waals surface area (Å²) in [7, 11) is 0. The Morgan fingerprint density at radius 3 is 2.59 bits per heavy atom. The summed E-state index contributed by atoms with van der Waals surface area (Å²) in [5, 5.41) is 0. The summed E-state index contributed by atoms with van der Waals surface area (Å²) in [6, 6.07) is 8.58. The minimum Gasteiger partial charge on any atom is -0.444 e. The van der Waals surface area contributed by atoms with E-state index >= 15 is 0 Å². The van der Waals surface area contributed by atoms with Crippen LogP contribution < -0.4 is 5.73 Å². The number of hydrogen-bond acceptors (Lipinski definition) is 3. The maximum absolute atomic E-state index is 12.1. The summed E-state index contributed by atoms with van der Waals surface area (Å²) in [6.07, 6.45) is 1.58. The van der Waals surface area contributed by atoms with Crippen LogP contribution in [0.4, 0.5) is 4.79 Å². The van der Waals surface area contributed by atoms with Gasteiger partial charge in [0, 0.05) is 19.1 Å². The first-order valence-corrected chi connectivity index (χ1v) is 8.03. The van der Waals surface area contributed by atoms with Gasteiger partial charge >= 0.3 is 6.09 Å². The van der Waals surface area contributed by atoms with Gasteiger partial charge in [-0.15, -0.1) is 0 Å². The summed E-state index contributed by atoms with van der Waals surface area (Å²) in [5.41, 5.74) is 8.43. The lowest BCUT2D eigenvalue weighted by Crippen LogP contribution is -2.38. The summed E-state index contributed by atoms with van der Waals surface area (Å²) < 4.78 is 5.43. The number of aryl methyl sites for hydroxylation is 1. The van der Waals surface area contributed by atoms with Crippen molar-refractivity contribution >= 4 is 6.09 Å². The van der Waals surface area contributed by atoms with Crippen molar-refractivity contribution in [1.29, 1.82) is 0 Å². The maximum Gasteiger partial charge on any atom is 0.410 e. The molecule has 0 aromatic heterocycles. The summed E-state index contributed by atoms with van der Waals surface area (Å²) in [6.45, 7) is 9.19. The molecular formula is C18H28N2O2. The Balaban J connectivity index is 1.87. The van der Waals surface area contributed by atoms with Crippen LogP contribution in [0.2, 0.25) is 0 Å². The highest BCUT2D eigenvalue weighted by Gasteiger charge is 2.32. The monoisotopic (exact) mass is 304 g/mol. The van der Waals surface area contributed by atoms with Gasteiger partial charge in [0.2, 0.25) is 0 Å². The lowest BCUT2D eigenvalue weighted by Gasteiger charge is -2.25. The highest BCUT2D eigenvalue weighted by molar-refractivity contribution is 5.68. The van der Waals surface area contributed by atoms with Crippen molar-refractivity contribution in [3.8, 4) is 0 Å². The fraction of sp³-hybridized carbons (Fsp3) is 0.611. The highest BCUT2D eigenvalue weighted by atomic mass is 16.6. The topological polar surface area (TPSA) is 55.6 Å². The molecule has 4 nitrogen and oxygen atoms in total. The molecule has 1 aromatic rings. The third-order valence-corrected chi connectivity index (χ3v) is 4.07. The Morgan fingerprint density at radius 1 is 1.36 bits per heavy atom. The molecule has 1 fully saturated rings. The molecule has 1 aliphatic rings. The highest BCUT2D eigenvalue weighted by Crippen LogP contribution is 2.23. The number of likely N-dealkylation sites (tertiary alicyclic amines) is 1. The summed E-state index contributed by atoms with van der Waals surface area (Å²) in [4.78, 5) is 13.9. The first-order chi connectivity index (χ1) is 10.2. The molecule has 0 spiro atoms. The van der Waals surface area contributed by atoms with Crippen LogP contribution in [-0.2, 0) is 11.2 Å². The van der Waals surface area contributed by atoms with Crippen LogP contribution in [0.5, 0.6) is 0 Å². The van der Waals surface area contributed by atoms with E-state index in [0.717, 1.165) is 19.4 Å². The number of nitrogens with zero attached hydrogens (tertiary/aromatic N) is 1. The van der Waals surface area contributed by atoms with Gasteiger partial charge in [-0.1, -0.05) is 29.8 Å². The van der Waals surface area contributed by atoms with Gasteiger partial charge in [0.05, 0.1) is 0 Å². The molecule has 4 heteroatoms. The minimum atomic E-state index is -0.445. The van der Waals surface area contributed by atoms with Crippen molar-refractivity contribution in [2.45, 2.75) is 52.2 Å². The normalized spacial score (nSPS) is 20.0. The number of hydrogen-bond donors (Lipinski definition) is 1. The van der Waals surface area contributed by atoms with E-state index < -0.39 is 5.60 Å². The average Bonchev–Trinajstić information content (AvgIpc) is 2.89. The Bertz CT molecular complexity index is 505. The number of ether oxygens (including phenoxy) is 1. The fourth-order valence-corrected chi connectivity index (χ4v) is 2.79. The summed E-state index contributed by atoms with van der Waals surface area (Å²) in [5.74, 6) is 0.342. The van der Waals surface area contributed by atoms with Crippen LogP contribution in [-0.4, -0.2) is 35.7 Å². The maximum atomic E-state index is 12.1. The number of carbonyl (C=O) groups is 1. The molecule has 1 aromatic carbocycles. The van der Waals surface area contributed by atoms with Gasteiger partial charge in [0.15, 0.2) is 0 Å².